The number of piperidine rings is 1. The molecule has 3 saturated heterocycles. The van der Waals surface area contributed by atoms with Gasteiger partial charge < -0.3 is 19.3 Å². The van der Waals surface area contributed by atoms with Gasteiger partial charge in [-0.05, 0) is 31.7 Å². The summed E-state index contributed by atoms with van der Waals surface area (Å²) in [6, 6.07) is 0. The van der Waals surface area contributed by atoms with Gasteiger partial charge in [0.1, 0.15) is 0 Å². The van der Waals surface area contributed by atoms with Crippen molar-refractivity contribution in [3.63, 3.8) is 0 Å². The van der Waals surface area contributed by atoms with E-state index >= 15 is 0 Å². The molecule has 0 unspecified atom stereocenters. The van der Waals surface area contributed by atoms with Crippen molar-refractivity contribution in [2.24, 2.45) is 5.92 Å². The standard InChI is InChI=1S/C15H26N2O3/c1-13(18)17-6-8-20-15(12-17)4-2-5-16(11-15)9-14-3-7-19-10-14/h14H,2-12H2,1H3/t14-,15+/m0/s1. The summed E-state index contributed by atoms with van der Waals surface area (Å²) in [5.41, 5.74) is -0.123. The van der Waals surface area contributed by atoms with Gasteiger partial charge in [0.15, 0.2) is 0 Å². The Morgan fingerprint density at radius 3 is 2.95 bits per heavy atom. The van der Waals surface area contributed by atoms with Crippen LogP contribution in [0.1, 0.15) is 26.2 Å². The van der Waals surface area contributed by atoms with Gasteiger partial charge in [0.05, 0.1) is 25.4 Å². The Hall–Kier alpha value is -0.650. The van der Waals surface area contributed by atoms with Crippen molar-refractivity contribution in [2.75, 3.05) is 52.5 Å². The van der Waals surface area contributed by atoms with E-state index in [4.69, 9.17) is 9.47 Å². The molecule has 2 atom stereocenters. The smallest absolute Gasteiger partial charge is 0.219 e. The summed E-state index contributed by atoms with van der Waals surface area (Å²) in [7, 11) is 0. The first-order valence-electron chi connectivity index (χ1n) is 7.86. The third kappa shape index (κ3) is 3.15. The van der Waals surface area contributed by atoms with E-state index in [0.717, 1.165) is 52.4 Å². The van der Waals surface area contributed by atoms with Crippen LogP contribution in [0.2, 0.25) is 0 Å². The molecule has 0 saturated carbocycles. The van der Waals surface area contributed by atoms with Crippen LogP contribution in [0.4, 0.5) is 0 Å². The molecular weight excluding hydrogens is 256 g/mol. The topological polar surface area (TPSA) is 42.0 Å². The summed E-state index contributed by atoms with van der Waals surface area (Å²) in [6.07, 6.45) is 3.43. The molecule has 0 aliphatic carbocycles. The van der Waals surface area contributed by atoms with Crippen molar-refractivity contribution in [1.82, 2.24) is 9.80 Å². The van der Waals surface area contributed by atoms with Gasteiger partial charge in [-0.25, -0.2) is 0 Å². The molecule has 0 N–H and O–H groups in total. The Morgan fingerprint density at radius 2 is 2.20 bits per heavy atom. The average Bonchev–Trinajstić information content (AvgIpc) is 2.92. The first kappa shape index (κ1) is 14.3. The summed E-state index contributed by atoms with van der Waals surface area (Å²) in [6.45, 7) is 8.91. The predicted molar refractivity (Wildman–Crippen MR) is 75.5 cm³/mol. The van der Waals surface area contributed by atoms with Crippen LogP contribution in [0.15, 0.2) is 0 Å². The lowest BCUT2D eigenvalue weighted by molar-refractivity contribution is -0.160. The Kier molecular flexibility index (Phi) is 4.29. The number of rotatable bonds is 2. The normalized spacial score (nSPS) is 35.6. The van der Waals surface area contributed by atoms with Crippen LogP contribution in [0.3, 0.4) is 0 Å². The number of likely N-dealkylation sites (tertiary alicyclic amines) is 1. The molecule has 1 amide bonds. The first-order chi connectivity index (χ1) is 9.67. The highest BCUT2D eigenvalue weighted by atomic mass is 16.5. The van der Waals surface area contributed by atoms with Crippen molar-refractivity contribution in [3.8, 4) is 0 Å². The molecule has 3 fully saturated rings. The van der Waals surface area contributed by atoms with E-state index in [2.05, 4.69) is 4.90 Å². The molecule has 0 aromatic carbocycles. The van der Waals surface area contributed by atoms with E-state index in [1.807, 2.05) is 4.90 Å². The molecule has 5 heteroatoms. The van der Waals surface area contributed by atoms with Crippen LogP contribution in [-0.2, 0) is 14.3 Å². The Morgan fingerprint density at radius 1 is 1.30 bits per heavy atom. The zero-order valence-electron chi connectivity index (χ0n) is 12.5. The summed E-state index contributed by atoms with van der Waals surface area (Å²) < 4.78 is 11.6. The predicted octanol–water partition coefficient (Wildman–Crippen LogP) is 0.736. The Balaban J connectivity index is 1.59. The number of carbonyl (C=O) groups is 1. The van der Waals surface area contributed by atoms with Gasteiger partial charge >= 0.3 is 0 Å². The van der Waals surface area contributed by atoms with E-state index in [1.54, 1.807) is 6.92 Å². The van der Waals surface area contributed by atoms with Crippen molar-refractivity contribution in [2.45, 2.75) is 31.8 Å². The molecule has 0 aromatic rings. The van der Waals surface area contributed by atoms with Gasteiger partial charge in [0, 0.05) is 33.2 Å². The molecule has 0 radical (unpaired) electrons. The van der Waals surface area contributed by atoms with Crippen molar-refractivity contribution >= 4 is 5.91 Å². The minimum Gasteiger partial charge on any atom is -0.381 e. The number of amides is 1. The summed E-state index contributed by atoms with van der Waals surface area (Å²) in [5, 5.41) is 0. The van der Waals surface area contributed by atoms with Crippen LogP contribution >= 0.6 is 0 Å². The molecule has 3 heterocycles. The first-order valence-corrected chi connectivity index (χ1v) is 7.86. The number of carbonyl (C=O) groups excluding carboxylic acids is 1. The molecule has 5 nitrogen and oxygen atoms in total. The minimum absolute atomic E-state index is 0.123. The lowest BCUT2D eigenvalue weighted by Crippen LogP contribution is -2.60. The zero-order valence-corrected chi connectivity index (χ0v) is 12.5. The quantitative estimate of drug-likeness (QED) is 0.749. The van der Waals surface area contributed by atoms with Gasteiger partial charge in [-0.1, -0.05) is 0 Å². The number of ether oxygens (including phenoxy) is 2. The molecular formula is C15H26N2O3. The average molecular weight is 282 g/mol. The van der Waals surface area contributed by atoms with Gasteiger partial charge in [-0.3, -0.25) is 4.79 Å². The van der Waals surface area contributed by atoms with Crippen molar-refractivity contribution in [1.29, 1.82) is 0 Å². The van der Waals surface area contributed by atoms with Crippen LogP contribution in [0, 0.1) is 5.92 Å². The minimum atomic E-state index is -0.123. The summed E-state index contributed by atoms with van der Waals surface area (Å²) in [5.74, 6) is 0.853. The molecule has 3 rings (SSSR count). The lowest BCUT2D eigenvalue weighted by atomic mass is 9.90. The van der Waals surface area contributed by atoms with Gasteiger partial charge in [-0.15, -0.1) is 0 Å². The van der Waals surface area contributed by atoms with Gasteiger partial charge in [-0.2, -0.15) is 0 Å². The second-order valence-corrected chi connectivity index (χ2v) is 6.54. The van der Waals surface area contributed by atoms with Crippen LogP contribution in [-0.4, -0.2) is 73.9 Å². The maximum atomic E-state index is 11.6. The molecule has 0 bridgehead atoms. The zero-order chi connectivity index (χ0) is 14.0. The second-order valence-electron chi connectivity index (χ2n) is 6.54. The maximum absolute atomic E-state index is 11.6. The largest absolute Gasteiger partial charge is 0.381 e. The number of hydrogen-bond acceptors (Lipinski definition) is 4. The van der Waals surface area contributed by atoms with Crippen LogP contribution in [0.5, 0.6) is 0 Å². The molecule has 20 heavy (non-hydrogen) atoms. The molecule has 1 spiro atoms. The highest BCUT2D eigenvalue weighted by Gasteiger charge is 2.41. The lowest BCUT2D eigenvalue weighted by Gasteiger charge is -2.48. The van der Waals surface area contributed by atoms with Crippen LogP contribution in [0.25, 0.3) is 0 Å². The van der Waals surface area contributed by atoms with Gasteiger partial charge in [0.25, 0.3) is 0 Å². The third-order valence-electron chi connectivity index (χ3n) is 4.85. The molecule has 3 aliphatic rings. The highest BCUT2D eigenvalue weighted by Crippen LogP contribution is 2.30. The van der Waals surface area contributed by atoms with E-state index in [-0.39, 0.29) is 11.5 Å². The highest BCUT2D eigenvalue weighted by molar-refractivity contribution is 5.73. The SMILES string of the molecule is CC(=O)N1CCO[C@@]2(CCCN(C[C@@H]3CCOC3)C2)C1. The van der Waals surface area contributed by atoms with E-state index < -0.39 is 0 Å². The molecule has 0 aromatic heterocycles. The number of morpholine rings is 1. The Labute approximate surface area is 121 Å². The Bertz CT molecular complexity index is 353. The van der Waals surface area contributed by atoms with Gasteiger partial charge in [0.2, 0.25) is 5.91 Å². The number of hydrogen-bond donors (Lipinski definition) is 0. The fraction of sp³-hybridized carbons (Fsp3) is 0.933. The monoisotopic (exact) mass is 282 g/mol. The second kappa shape index (κ2) is 6.00. The van der Waals surface area contributed by atoms with Crippen molar-refractivity contribution in [3.05, 3.63) is 0 Å². The summed E-state index contributed by atoms with van der Waals surface area (Å²) in [4.78, 5) is 16.1. The van der Waals surface area contributed by atoms with E-state index in [0.29, 0.717) is 12.5 Å². The van der Waals surface area contributed by atoms with Crippen LogP contribution < -0.4 is 0 Å². The fourth-order valence-corrected chi connectivity index (χ4v) is 3.80. The molecule has 114 valence electrons. The summed E-state index contributed by atoms with van der Waals surface area (Å²) >= 11 is 0. The fourth-order valence-electron chi connectivity index (χ4n) is 3.80. The van der Waals surface area contributed by atoms with E-state index in [1.165, 1.54) is 12.8 Å². The third-order valence-corrected chi connectivity index (χ3v) is 4.85. The molecule has 3 aliphatic heterocycles. The van der Waals surface area contributed by atoms with Crippen molar-refractivity contribution < 1.29 is 14.3 Å². The maximum Gasteiger partial charge on any atom is 0.219 e. The number of nitrogens with zero attached hydrogens (tertiary/aromatic N) is 2. The van der Waals surface area contributed by atoms with E-state index in [9.17, 15) is 4.79 Å².